The summed E-state index contributed by atoms with van der Waals surface area (Å²) in [7, 11) is 0. The van der Waals surface area contributed by atoms with E-state index < -0.39 is 5.51 Å². The Morgan fingerprint density at radius 2 is 1.86 bits per heavy atom. The first-order chi connectivity index (χ1) is 9.80. The van der Waals surface area contributed by atoms with Gasteiger partial charge in [-0.05, 0) is 48.3 Å². The maximum Gasteiger partial charge on any atom is 0.446 e. The summed E-state index contributed by atoms with van der Waals surface area (Å²) in [5, 5.41) is 3.38. The van der Waals surface area contributed by atoms with E-state index in [9.17, 15) is 13.2 Å². The zero-order valence-electron chi connectivity index (χ0n) is 12.6. The molecule has 1 N–H and O–H groups in total. The van der Waals surface area contributed by atoms with Crippen LogP contribution < -0.4 is 5.32 Å². The first-order valence-corrected chi connectivity index (χ1v) is 7.87. The molecule has 1 nitrogen and oxygen atoms in total. The molecule has 0 aliphatic heterocycles. The molecule has 5 heteroatoms. The fourth-order valence-electron chi connectivity index (χ4n) is 1.80. The maximum absolute atomic E-state index is 12.3. The van der Waals surface area contributed by atoms with Crippen molar-refractivity contribution in [2.45, 2.75) is 37.6 Å². The van der Waals surface area contributed by atoms with E-state index in [1.54, 1.807) is 12.1 Å². The van der Waals surface area contributed by atoms with Crippen molar-refractivity contribution in [3.05, 3.63) is 35.4 Å². The Kier molecular flexibility index (Phi) is 7.32. The molecule has 0 aromatic heterocycles. The van der Waals surface area contributed by atoms with Gasteiger partial charge in [0.25, 0.3) is 0 Å². The molecule has 0 radical (unpaired) electrons. The molecule has 0 amide bonds. The van der Waals surface area contributed by atoms with Crippen molar-refractivity contribution >= 4 is 17.8 Å². The molecule has 0 saturated carbocycles. The lowest BCUT2D eigenvalue weighted by molar-refractivity contribution is -0.0328. The lowest BCUT2D eigenvalue weighted by atomic mass is 10.1. The summed E-state index contributed by atoms with van der Waals surface area (Å²) in [6, 6.07) is 6.48. The van der Waals surface area contributed by atoms with Crippen LogP contribution in [0.4, 0.5) is 13.2 Å². The van der Waals surface area contributed by atoms with Gasteiger partial charge in [0.2, 0.25) is 0 Å². The molecule has 0 atom stereocenters. The summed E-state index contributed by atoms with van der Waals surface area (Å²) >= 11 is -0.0819. The number of benzene rings is 1. The monoisotopic (exact) mass is 317 g/mol. The number of nitrogens with one attached hydrogen (secondary N) is 1. The Bertz CT molecular complexity index is 450. The lowest BCUT2D eigenvalue weighted by Gasteiger charge is -2.10. The molecular weight excluding hydrogens is 295 g/mol. The largest absolute Gasteiger partial charge is 0.446 e. The SMILES string of the molecule is CCC(=Cc1ccc(SC(F)(F)F)cc1)CNCC(C)C. The second kappa shape index (κ2) is 8.49. The molecule has 1 rings (SSSR count). The van der Waals surface area contributed by atoms with E-state index in [1.807, 2.05) is 6.08 Å². The lowest BCUT2D eigenvalue weighted by Crippen LogP contribution is -2.21. The summed E-state index contributed by atoms with van der Waals surface area (Å²) < 4.78 is 36.8. The van der Waals surface area contributed by atoms with Crippen LogP contribution in [0.3, 0.4) is 0 Å². The number of alkyl halides is 3. The zero-order chi connectivity index (χ0) is 15.9. The number of rotatable bonds is 7. The van der Waals surface area contributed by atoms with Gasteiger partial charge >= 0.3 is 5.51 Å². The van der Waals surface area contributed by atoms with E-state index in [-0.39, 0.29) is 16.7 Å². The van der Waals surface area contributed by atoms with Gasteiger partial charge in [-0.15, -0.1) is 0 Å². The van der Waals surface area contributed by atoms with E-state index in [1.165, 1.54) is 17.7 Å². The summed E-state index contributed by atoms with van der Waals surface area (Å²) in [5.74, 6) is 0.599. The quantitative estimate of drug-likeness (QED) is 0.681. The Morgan fingerprint density at radius 3 is 2.33 bits per heavy atom. The molecule has 0 bridgehead atoms. The van der Waals surface area contributed by atoms with Crippen LogP contribution in [0.15, 0.2) is 34.7 Å². The van der Waals surface area contributed by atoms with Crippen LogP contribution in [0.25, 0.3) is 6.08 Å². The predicted octanol–water partition coefficient (Wildman–Crippen LogP) is 5.34. The van der Waals surface area contributed by atoms with Crippen LogP contribution in [-0.2, 0) is 0 Å². The zero-order valence-corrected chi connectivity index (χ0v) is 13.4. The van der Waals surface area contributed by atoms with Gasteiger partial charge in [-0.25, -0.2) is 0 Å². The van der Waals surface area contributed by atoms with Crippen molar-refractivity contribution < 1.29 is 13.2 Å². The number of hydrogen-bond donors (Lipinski definition) is 1. The van der Waals surface area contributed by atoms with Gasteiger partial charge in [0.15, 0.2) is 0 Å². The number of halogens is 3. The van der Waals surface area contributed by atoms with Crippen molar-refractivity contribution in [1.29, 1.82) is 0 Å². The first-order valence-electron chi connectivity index (χ1n) is 7.06. The van der Waals surface area contributed by atoms with Crippen molar-refractivity contribution in [3.8, 4) is 0 Å². The molecule has 0 fully saturated rings. The third-order valence-corrected chi connectivity index (χ3v) is 3.58. The van der Waals surface area contributed by atoms with Gasteiger partial charge in [0.1, 0.15) is 0 Å². The van der Waals surface area contributed by atoms with Gasteiger partial charge in [-0.1, -0.05) is 44.6 Å². The van der Waals surface area contributed by atoms with Gasteiger partial charge < -0.3 is 5.32 Å². The van der Waals surface area contributed by atoms with Crippen LogP contribution >= 0.6 is 11.8 Å². The Labute approximate surface area is 129 Å². The highest BCUT2D eigenvalue weighted by Gasteiger charge is 2.28. The van der Waals surface area contributed by atoms with E-state index >= 15 is 0 Å². The molecule has 0 unspecified atom stereocenters. The minimum atomic E-state index is -4.23. The van der Waals surface area contributed by atoms with Crippen molar-refractivity contribution in [2.24, 2.45) is 5.92 Å². The molecule has 0 saturated heterocycles. The van der Waals surface area contributed by atoms with Gasteiger partial charge in [-0.3, -0.25) is 0 Å². The van der Waals surface area contributed by atoms with E-state index in [4.69, 9.17) is 0 Å². The molecule has 1 aromatic rings. The third-order valence-electron chi connectivity index (χ3n) is 2.84. The van der Waals surface area contributed by atoms with Crippen LogP contribution in [-0.4, -0.2) is 18.6 Å². The van der Waals surface area contributed by atoms with Crippen molar-refractivity contribution in [1.82, 2.24) is 5.32 Å². The predicted molar refractivity (Wildman–Crippen MR) is 84.3 cm³/mol. The highest BCUT2D eigenvalue weighted by atomic mass is 32.2. The first kappa shape index (κ1) is 18.1. The average Bonchev–Trinajstić information content (AvgIpc) is 2.37. The minimum Gasteiger partial charge on any atom is -0.313 e. The number of hydrogen-bond acceptors (Lipinski definition) is 2. The fourth-order valence-corrected chi connectivity index (χ4v) is 2.34. The van der Waals surface area contributed by atoms with Crippen LogP contribution in [0.5, 0.6) is 0 Å². The average molecular weight is 317 g/mol. The summed E-state index contributed by atoms with van der Waals surface area (Å²) in [6.07, 6.45) is 2.96. The standard InChI is InChI=1S/C16H22F3NS/c1-4-13(11-20-10-12(2)3)9-14-5-7-15(8-6-14)21-16(17,18)19/h5-9,12,20H,4,10-11H2,1-3H3. The second-order valence-corrected chi connectivity index (χ2v) is 6.44. The van der Waals surface area contributed by atoms with E-state index in [0.717, 1.165) is 25.1 Å². The smallest absolute Gasteiger partial charge is 0.313 e. The maximum atomic E-state index is 12.3. The topological polar surface area (TPSA) is 12.0 Å². The van der Waals surface area contributed by atoms with Gasteiger partial charge in [-0.2, -0.15) is 13.2 Å². The summed E-state index contributed by atoms with van der Waals surface area (Å²) in [4.78, 5) is 0.218. The van der Waals surface area contributed by atoms with Crippen molar-refractivity contribution in [2.75, 3.05) is 13.1 Å². The van der Waals surface area contributed by atoms with E-state index in [0.29, 0.717) is 5.92 Å². The molecule has 1 aromatic carbocycles. The van der Waals surface area contributed by atoms with E-state index in [2.05, 4.69) is 26.1 Å². The highest BCUT2D eigenvalue weighted by molar-refractivity contribution is 8.00. The van der Waals surface area contributed by atoms with Crippen LogP contribution in [0.1, 0.15) is 32.8 Å². The third kappa shape index (κ3) is 8.17. The second-order valence-electron chi connectivity index (χ2n) is 5.30. The van der Waals surface area contributed by atoms with Crippen molar-refractivity contribution in [3.63, 3.8) is 0 Å². The molecule has 21 heavy (non-hydrogen) atoms. The van der Waals surface area contributed by atoms with Gasteiger partial charge in [0, 0.05) is 11.4 Å². The van der Waals surface area contributed by atoms with Crippen LogP contribution in [0.2, 0.25) is 0 Å². The molecular formula is C16H22F3NS. The highest BCUT2D eigenvalue weighted by Crippen LogP contribution is 2.36. The Hall–Kier alpha value is -0.940. The molecule has 0 aliphatic carbocycles. The molecule has 0 aliphatic rings. The summed E-state index contributed by atoms with van der Waals surface area (Å²) in [5.41, 5.74) is -2.05. The summed E-state index contributed by atoms with van der Waals surface area (Å²) in [6.45, 7) is 8.15. The normalized spacial score (nSPS) is 13.0. The molecule has 118 valence electrons. The Balaban J connectivity index is 2.64. The number of thioether (sulfide) groups is 1. The molecule has 0 spiro atoms. The molecule has 0 heterocycles. The minimum absolute atomic E-state index is 0.0819. The fraction of sp³-hybridized carbons (Fsp3) is 0.500. The Morgan fingerprint density at radius 1 is 1.24 bits per heavy atom. The van der Waals surface area contributed by atoms with Gasteiger partial charge in [0.05, 0.1) is 0 Å². The van der Waals surface area contributed by atoms with Crippen LogP contribution in [0, 0.1) is 5.92 Å².